The zero-order chi connectivity index (χ0) is 25.0. The summed E-state index contributed by atoms with van der Waals surface area (Å²) in [6.07, 6.45) is 3.39. The number of allylic oxidation sites excluding steroid dienone is 2. The van der Waals surface area contributed by atoms with E-state index in [1.54, 1.807) is 24.3 Å². The second kappa shape index (κ2) is 10.2. The van der Waals surface area contributed by atoms with Crippen molar-refractivity contribution in [3.8, 4) is 28.4 Å². The van der Waals surface area contributed by atoms with E-state index in [0.29, 0.717) is 16.9 Å². The van der Waals surface area contributed by atoms with Crippen LogP contribution in [0.15, 0.2) is 57.5 Å². The number of carbonyl (C=O) groups excluding carboxylic acids is 3. The maximum Gasteiger partial charge on any atom is 0.308 e. The van der Waals surface area contributed by atoms with E-state index < -0.39 is 23.3 Å². The summed E-state index contributed by atoms with van der Waals surface area (Å²) >= 11 is 0. The van der Waals surface area contributed by atoms with Crippen LogP contribution in [0, 0.1) is 0 Å². The first-order chi connectivity index (χ1) is 16.1. The normalized spacial score (nSPS) is 10.5. The highest BCUT2D eigenvalue weighted by molar-refractivity contribution is 5.92. The Morgan fingerprint density at radius 2 is 1.50 bits per heavy atom. The van der Waals surface area contributed by atoms with Gasteiger partial charge in [-0.15, -0.1) is 0 Å². The Morgan fingerprint density at radius 1 is 0.882 bits per heavy atom. The second-order valence-electron chi connectivity index (χ2n) is 7.82. The van der Waals surface area contributed by atoms with Crippen LogP contribution in [0.25, 0.3) is 22.1 Å². The third-order valence-electron chi connectivity index (χ3n) is 4.72. The van der Waals surface area contributed by atoms with Crippen molar-refractivity contribution in [2.75, 3.05) is 0 Å². The van der Waals surface area contributed by atoms with Crippen molar-refractivity contribution in [3.05, 3.63) is 64.0 Å². The van der Waals surface area contributed by atoms with Crippen LogP contribution in [0.1, 0.15) is 40.2 Å². The largest absolute Gasteiger partial charge is 0.463 e. The van der Waals surface area contributed by atoms with Crippen LogP contribution >= 0.6 is 0 Å². The standard InChI is InChI=1S/C26H24O8/c1-14(2)6-11-20-22(33-16(4)28)12-23-24(26(20)34-17(5)29)25(30)21(13-31-23)18-7-9-19(10-8-18)32-15(3)27/h6-10,12-13H,11H2,1-5H3. The molecule has 0 bridgehead atoms. The molecule has 0 saturated carbocycles. The minimum absolute atomic E-state index is 0.0223. The van der Waals surface area contributed by atoms with Crippen molar-refractivity contribution in [1.82, 2.24) is 0 Å². The quantitative estimate of drug-likeness (QED) is 0.292. The van der Waals surface area contributed by atoms with Crippen LogP contribution in [0.4, 0.5) is 0 Å². The first kappa shape index (κ1) is 24.4. The molecule has 0 N–H and O–H groups in total. The molecular weight excluding hydrogens is 440 g/mol. The maximum atomic E-state index is 13.6. The summed E-state index contributed by atoms with van der Waals surface area (Å²) in [6.45, 7) is 7.54. The smallest absolute Gasteiger partial charge is 0.308 e. The molecule has 0 fully saturated rings. The van der Waals surface area contributed by atoms with Crippen molar-refractivity contribution in [2.45, 2.75) is 41.0 Å². The minimum atomic E-state index is -0.643. The van der Waals surface area contributed by atoms with Gasteiger partial charge in [-0.1, -0.05) is 23.8 Å². The van der Waals surface area contributed by atoms with E-state index in [9.17, 15) is 19.2 Å². The molecule has 0 unspecified atom stereocenters. The summed E-state index contributed by atoms with van der Waals surface area (Å²) < 4.78 is 21.6. The zero-order valence-electron chi connectivity index (χ0n) is 19.5. The predicted molar refractivity (Wildman–Crippen MR) is 125 cm³/mol. The second-order valence-corrected chi connectivity index (χ2v) is 7.82. The molecule has 0 amide bonds. The molecule has 0 aliphatic carbocycles. The Hall–Kier alpha value is -4.20. The lowest BCUT2D eigenvalue weighted by molar-refractivity contribution is -0.133. The average molecular weight is 464 g/mol. The Labute approximate surface area is 195 Å². The van der Waals surface area contributed by atoms with Gasteiger partial charge in [-0.3, -0.25) is 19.2 Å². The summed E-state index contributed by atoms with van der Waals surface area (Å²) in [6, 6.07) is 7.76. The first-order valence-electron chi connectivity index (χ1n) is 10.5. The zero-order valence-corrected chi connectivity index (χ0v) is 19.5. The van der Waals surface area contributed by atoms with E-state index in [1.165, 1.54) is 33.1 Å². The van der Waals surface area contributed by atoms with Gasteiger partial charge < -0.3 is 18.6 Å². The van der Waals surface area contributed by atoms with Crippen molar-refractivity contribution in [3.63, 3.8) is 0 Å². The van der Waals surface area contributed by atoms with Gasteiger partial charge >= 0.3 is 17.9 Å². The lowest BCUT2D eigenvalue weighted by Crippen LogP contribution is -2.13. The van der Waals surface area contributed by atoms with Crippen molar-refractivity contribution >= 4 is 28.9 Å². The molecule has 1 heterocycles. The lowest BCUT2D eigenvalue weighted by atomic mass is 10.0. The van der Waals surface area contributed by atoms with E-state index in [-0.39, 0.29) is 34.5 Å². The van der Waals surface area contributed by atoms with Gasteiger partial charge in [0.2, 0.25) is 5.43 Å². The van der Waals surface area contributed by atoms with Gasteiger partial charge in [-0.2, -0.15) is 0 Å². The molecular formula is C26H24O8. The van der Waals surface area contributed by atoms with E-state index in [1.807, 2.05) is 19.9 Å². The van der Waals surface area contributed by atoms with Crippen LogP contribution in [0.3, 0.4) is 0 Å². The Kier molecular flexibility index (Phi) is 7.31. The minimum Gasteiger partial charge on any atom is -0.463 e. The maximum absolute atomic E-state index is 13.6. The highest BCUT2D eigenvalue weighted by Crippen LogP contribution is 2.38. The van der Waals surface area contributed by atoms with Crippen LogP contribution in [0.5, 0.6) is 17.2 Å². The lowest BCUT2D eigenvalue weighted by Gasteiger charge is -2.15. The molecule has 2 aromatic carbocycles. The van der Waals surface area contributed by atoms with Gasteiger partial charge in [-0.05, 0) is 38.0 Å². The van der Waals surface area contributed by atoms with Gasteiger partial charge in [0.25, 0.3) is 0 Å². The monoisotopic (exact) mass is 464 g/mol. The molecule has 1 aromatic heterocycles. The van der Waals surface area contributed by atoms with Gasteiger partial charge in [0, 0.05) is 32.4 Å². The van der Waals surface area contributed by atoms with Crippen molar-refractivity contribution in [2.24, 2.45) is 0 Å². The van der Waals surface area contributed by atoms with Crippen molar-refractivity contribution in [1.29, 1.82) is 0 Å². The predicted octanol–water partition coefficient (Wildman–Crippen LogP) is 4.74. The highest BCUT2D eigenvalue weighted by atomic mass is 16.5. The molecule has 0 saturated heterocycles. The fraction of sp³-hybridized carbons (Fsp3) is 0.231. The van der Waals surface area contributed by atoms with Crippen LogP contribution < -0.4 is 19.6 Å². The highest BCUT2D eigenvalue weighted by Gasteiger charge is 2.23. The summed E-state index contributed by atoms with van der Waals surface area (Å²) in [5.41, 5.74) is 1.73. The molecule has 0 spiro atoms. The molecule has 0 atom stereocenters. The summed E-state index contributed by atoms with van der Waals surface area (Å²) in [5, 5.41) is 0.0461. The molecule has 0 radical (unpaired) electrons. The van der Waals surface area contributed by atoms with Crippen LogP contribution in [0.2, 0.25) is 0 Å². The number of rotatable bonds is 6. The van der Waals surface area contributed by atoms with E-state index in [2.05, 4.69) is 0 Å². The Morgan fingerprint density at radius 3 is 2.06 bits per heavy atom. The van der Waals surface area contributed by atoms with Crippen LogP contribution in [-0.4, -0.2) is 17.9 Å². The van der Waals surface area contributed by atoms with Crippen molar-refractivity contribution < 1.29 is 33.0 Å². The number of benzene rings is 2. The molecule has 8 nitrogen and oxygen atoms in total. The molecule has 0 aliphatic rings. The fourth-order valence-electron chi connectivity index (χ4n) is 3.34. The third-order valence-corrected chi connectivity index (χ3v) is 4.72. The number of fused-ring (bicyclic) bond motifs is 1. The fourth-order valence-corrected chi connectivity index (χ4v) is 3.34. The summed E-state index contributed by atoms with van der Waals surface area (Å²) in [7, 11) is 0. The number of esters is 3. The molecule has 0 aliphatic heterocycles. The number of hydrogen-bond donors (Lipinski definition) is 0. The van der Waals surface area contributed by atoms with Crippen LogP contribution in [-0.2, 0) is 20.8 Å². The number of hydrogen-bond acceptors (Lipinski definition) is 8. The third kappa shape index (κ3) is 5.58. The number of ether oxygens (including phenoxy) is 3. The van der Waals surface area contributed by atoms with Gasteiger partial charge in [0.15, 0.2) is 5.75 Å². The van der Waals surface area contributed by atoms with Gasteiger partial charge in [-0.25, -0.2) is 0 Å². The first-order valence-corrected chi connectivity index (χ1v) is 10.5. The van der Waals surface area contributed by atoms with Gasteiger partial charge in [0.1, 0.15) is 28.7 Å². The molecule has 176 valence electrons. The Balaban J connectivity index is 2.29. The van der Waals surface area contributed by atoms with Gasteiger partial charge in [0.05, 0.1) is 5.56 Å². The topological polar surface area (TPSA) is 109 Å². The SMILES string of the molecule is CC(=O)Oc1ccc(-c2coc3cc(OC(C)=O)c(CC=C(C)C)c(OC(C)=O)c3c2=O)cc1. The molecule has 3 aromatic rings. The van der Waals surface area contributed by atoms with E-state index in [4.69, 9.17) is 18.6 Å². The molecule has 34 heavy (non-hydrogen) atoms. The molecule has 8 heteroatoms. The average Bonchev–Trinajstić information content (AvgIpc) is 2.72. The summed E-state index contributed by atoms with van der Waals surface area (Å²) in [5.74, 6) is -1.23. The Bertz CT molecular complexity index is 1360. The van der Waals surface area contributed by atoms with E-state index >= 15 is 0 Å². The molecule has 3 rings (SSSR count). The van der Waals surface area contributed by atoms with E-state index in [0.717, 1.165) is 5.57 Å². The number of carbonyl (C=O) groups is 3. The summed E-state index contributed by atoms with van der Waals surface area (Å²) in [4.78, 5) is 48.4.